The van der Waals surface area contributed by atoms with E-state index in [0.29, 0.717) is 0 Å². The van der Waals surface area contributed by atoms with E-state index in [0.717, 1.165) is 0 Å². The molecule has 0 aliphatic carbocycles. The lowest BCUT2D eigenvalue weighted by Gasteiger charge is -2.14. The van der Waals surface area contributed by atoms with Crippen molar-refractivity contribution < 1.29 is 43.4 Å². The van der Waals surface area contributed by atoms with Gasteiger partial charge >= 0.3 is 0 Å². The van der Waals surface area contributed by atoms with Crippen LogP contribution in [-0.4, -0.2) is 56.3 Å². The second kappa shape index (κ2) is 28.0. The van der Waals surface area contributed by atoms with Crippen molar-refractivity contribution in [2.45, 2.75) is 116 Å². The smallest absolute Gasteiger partial charge is 0.273 e. The van der Waals surface area contributed by atoms with Gasteiger partial charge < -0.3 is 30.4 Å². The number of hydrogen-bond donors (Lipinski definition) is 3. The maximum Gasteiger partial charge on any atom is 0.273 e. The van der Waals surface area contributed by atoms with Crippen molar-refractivity contribution >= 4 is 22.1 Å². The molecule has 0 heterocycles. The molecule has 0 fully saturated rings. The lowest BCUT2D eigenvalue weighted by molar-refractivity contribution is -0.655. The maximum atomic E-state index is 10.2. The highest BCUT2D eigenvalue weighted by molar-refractivity contribution is 7.87. The number of carbonyl (C=O) groups excluding carboxylic acids is 2. The lowest BCUT2D eigenvalue weighted by atomic mass is 10.2. The second-order valence-corrected chi connectivity index (χ2v) is 10.1. The Bertz CT molecular complexity index is 524. The Morgan fingerprint density at radius 2 is 0.971 bits per heavy atom. The summed E-state index contributed by atoms with van der Waals surface area (Å²) in [5.41, 5.74) is 0. The van der Waals surface area contributed by atoms with Gasteiger partial charge in [0.25, 0.3) is 10.1 Å². The minimum Gasteiger partial charge on any atom is -0.550 e. The Balaban J connectivity index is -0.000000425. The molecule has 0 aromatic heterocycles. The van der Waals surface area contributed by atoms with Crippen molar-refractivity contribution in [3.8, 4) is 0 Å². The third kappa shape index (κ3) is 32.9. The number of carboxylic acid groups (broad SMARTS) is 2. The molecule has 0 aromatic carbocycles. The van der Waals surface area contributed by atoms with E-state index < -0.39 is 33.7 Å². The fraction of sp³-hybridized carbons (Fsp3) is 0.917. The number of nitrogens with two attached hydrogens (primary N) is 2. The van der Waals surface area contributed by atoms with Gasteiger partial charge in [-0.2, -0.15) is 8.42 Å². The normalized spacial score (nSPS) is 11.6. The van der Waals surface area contributed by atoms with Crippen LogP contribution in [-0.2, 0) is 19.7 Å². The third-order valence-electron chi connectivity index (χ3n) is 5.02. The minimum absolute atomic E-state index is 1.33. The van der Waals surface area contributed by atoms with Gasteiger partial charge in [0.2, 0.25) is 0 Å². The molecular weight excluding hydrogens is 460 g/mol. The van der Waals surface area contributed by atoms with E-state index in [2.05, 4.69) is 38.3 Å². The number of carbonyl (C=O) groups is 2. The molecular formula is C24H52N2O7S. The molecule has 1 unspecified atom stereocenters. The summed E-state index contributed by atoms with van der Waals surface area (Å²) >= 11 is 0. The van der Waals surface area contributed by atoms with Crippen molar-refractivity contribution in [2.24, 2.45) is 0 Å². The molecule has 0 aromatic rings. The van der Waals surface area contributed by atoms with Crippen LogP contribution in [0.25, 0.3) is 0 Å². The van der Waals surface area contributed by atoms with Crippen LogP contribution in [0.3, 0.4) is 0 Å². The van der Waals surface area contributed by atoms with Crippen LogP contribution in [0.4, 0.5) is 0 Å². The molecule has 0 saturated heterocycles. The number of aliphatic carboxylic acids is 2. The zero-order chi connectivity index (χ0) is 26.7. The quantitative estimate of drug-likeness (QED) is 0.152. The van der Waals surface area contributed by atoms with E-state index >= 15 is 0 Å². The summed E-state index contributed by atoms with van der Waals surface area (Å²) in [6.07, 6.45) is 15.3. The summed E-state index contributed by atoms with van der Waals surface area (Å²) in [6, 6.07) is 0. The van der Waals surface area contributed by atoms with Gasteiger partial charge in [-0.15, -0.1) is 0 Å². The molecule has 0 spiro atoms. The zero-order valence-corrected chi connectivity index (χ0v) is 22.9. The van der Waals surface area contributed by atoms with Crippen LogP contribution < -0.4 is 20.8 Å². The largest absolute Gasteiger partial charge is 0.550 e. The molecule has 0 bridgehead atoms. The maximum absolute atomic E-state index is 10.2. The monoisotopic (exact) mass is 512 g/mol. The first-order chi connectivity index (χ1) is 16.1. The molecule has 0 rings (SSSR count). The number of unbranched alkanes of at least 4 members (excludes halogenated alkanes) is 8. The van der Waals surface area contributed by atoms with Crippen molar-refractivity contribution in [1.29, 1.82) is 0 Å². The van der Waals surface area contributed by atoms with Crippen LogP contribution in [0.1, 0.15) is 111 Å². The average molecular weight is 513 g/mol. The molecule has 0 aliphatic rings. The Morgan fingerprint density at radius 1 is 0.676 bits per heavy atom. The fourth-order valence-corrected chi connectivity index (χ4v) is 3.49. The molecule has 5 N–H and O–H groups in total. The van der Waals surface area contributed by atoms with Crippen LogP contribution in [0.2, 0.25) is 0 Å². The first kappa shape index (κ1) is 37.3. The topological polar surface area (TPSA) is 168 Å². The van der Waals surface area contributed by atoms with Crippen LogP contribution >= 0.6 is 0 Å². The highest BCUT2D eigenvalue weighted by Gasteiger charge is 2.24. The van der Waals surface area contributed by atoms with Gasteiger partial charge in [0, 0.05) is 12.4 Å². The molecule has 206 valence electrons. The summed E-state index contributed by atoms with van der Waals surface area (Å²) in [5.74, 6) is -4.08. The van der Waals surface area contributed by atoms with Gasteiger partial charge in [0.15, 0.2) is 0 Å². The lowest BCUT2D eigenvalue weighted by Crippen LogP contribution is -2.84. The van der Waals surface area contributed by atoms with Crippen LogP contribution in [0, 0.1) is 0 Å². The number of hydrogen-bond acceptors (Lipinski definition) is 6. The third-order valence-corrected chi connectivity index (χ3v) is 6.10. The van der Waals surface area contributed by atoms with E-state index in [1.807, 2.05) is 0 Å². The Labute approximate surface area is 208 Å². The van der Waals surface area contributed by atoms with Crippen LogP contribution in [0.15, 0.2) is 0 Å². The Kier molecular flexibility index (Phi) is 30.7. The van der Waals surface area contributed by atoms with Gasteiger partial charge in [0.1, 0.15) is 5.25 Å². The molecule has 34 heavy (non-hydrogen) atoms. The van der Waals surface area contributed by atoms with E-state index in [1.165, 1.54) is 103 Å². The predicted octanol–water partition coefficient (Wildman–Crippen LogP) is -0.00690. The van der Waals surface area contributed by atoms with E-state index in [1.54, 1.807) is 0 Å². The van der Waals surface area contributed by atoms with Crippen molar-refractivity contribution in [3.63, 3.8) is 0 Å². The number of quaternary nitrogens is 2. The molecule has 9 nitrogen and oxygen atoms in total. The van der Waals surface area contributed by atoms with Crippen molar-refractivity contribution in [1.82, 2.24) is 0 Å². The molecule has 10 heteroatoms. The van der Waals surface area contributed by atoms with Gasteiger partial charge in [-0.05, 0) is 51.4 Å². The van der Waals surface area contributed by atoms with Gasteiger partial charge in [-0.1, -0.05) is 53.4 Å². The first-order valence-corrected chi connectivity index (χ1v) is 14.6. The minimum atomic E-state index is -4.94. The van der Waals surface area contributed by atoms with Crippen molar-refractivity contribution in [2.75, 3.05) is 26.2 Å². The highest BCUT2D eigenvalue weighted by atomic mass is 32.2. The second-order valence-electron chi connectivity index (χ2n) is 8.46. The number of rotatable bonds is 20. The molecule has 1 atom stereocenters. The van der Waals surface area contributed by atoms with E-state index in [4.69, 9.17) is 4.55 Å². The van der Waals surface area contributed by atoms with E-state index in [9.17, 15) is 28.2 Å². The van der Waals surface area contributed by atoms with E-state index in [-0.39, 0.29) is 0 Å². The summed E-state index contributed by atoms with van der Waals surface area (Å²) in [7, 11) is -4.94. The summed E-state index contributed by atoms with van der Waals surface area (Å²) in [6.45, 7) is 14.4. The Hall–Kier alpha value is -1.23. The Morgan fingerprint density at radius 3 is 1.12 bits per heavy atom. The van der Waals surface area contributed by atoms with Gasteiger partial charge in [-0.25, -0.2) is 0 Å². The van der Waals surface area contributed by atoms with Crippen molar-refractivity contribution in [3.05, 3.63) is 0 Å². The fourth-order valence-electron chi connectivity index (χ4n) is 2.90. The standard InChI is InChI=1S/2C10H23N.C4H6O7S/c2*1-3-5-7-9-11-10-8-6-4-2;5-3(6)1-2(4(7)8)12(9,10)11/h2*11H,3-10H2,1-2H3;2H,1H2,(H,5,6)(H,7,8)(H,9,10,11). The summed E-state index contributed by atoms with van der Waals surface area (Å²) < 4.78 is 28.5. The molecule has 0 saturated carbocycles. The van der Waals surface area contributed by atoms with Gasteiger partial charge in [0.05, 0.1) is 32.1 Å². The zero-order valence-electron chi connectivity index (χ0n) is 22.1. The first-order valence-electron chi connectivity index (χ1n) is 13.1. The average Bonchev–Trinajstić information content (AvgIpc) is 2.76. The molecule has 0 aliphatic heterocycles. The predicted molar refractivity (Wildman–Crippen MR) is 131 cm³/mol. The molecule has 0 radical (unpaired) electrons. The number of carboxylic acids is 2. The van der Waals surface area contributed by atoms with Gasteiger partial charge in [-0.3, -0.25) is 4.55 Å². The summed E-state index contributed by atoms with van der Waals surface area (Å²) in [5, 5.41) is 22.2. The molecule has 0 amide bonds. The summed E-state index contributed by atoms with van der Waals surface area (Å²) in [4.78, 5) is 19.7. The SMILES string of the molecule is CCCCC[NH2+]CCCCC.CCCCC[NH2+]CCCCC.O=C([O-])CC(C(=O)[O-])S(=O)(=O)O. The highest BCUT2D eigenvalue weighted by Crippen LogP contribution is 2.01. The van der Waals surface area contributed by atoms with Crippen LogP contribution in [0.5, 0.6) is 0 Å².